The summed E-state index contributed by atoms with van der Waals surface area (Å²) >= 11 is 6.45. The van der Waals surface area contributed by atoms with Crippen LogP contribution in [0.15, 0.2) is 36.7 Å². The average Bonchev–Trinajstić information content (AvgIpc) is 2.77. The maximum atomic E-state index is 11.5. The van der Waals surface area contributed by atoms with Gasteiger partial charge in [0.2, 0.25) is 5.88 Å². The molecule has 0 unspecified atom stereocenters. The van der Waals surface area contributed by atoms with Crippen molar-refractivity contribution < 1.29 is 14.3 Å². The standard InChI is InChI=1S/C21H23ClN6O3.H2S/c1-27(2)18-4-3-13(9-15(18)22)16-10-17-19(25-6-5-24-17)20(26-16)31-12-14-11-28(21(23)29)7-8-30-14;/h3-6,9-10,14H,7-8,11-12H2,1-2H3,(H2,23,29);1H2/t14-;/m0./s1. The normalized spacial score (nSPS) is 15.8. The van der Waals surface area contributed by atoms with Crippen LogP contribution in [-0.2, 0) is 4.74 Å². The molecule has 170 valence electrons. The molecule has 11 heteroatoms. The fraction of sp³-hybridized carbons (Fsp3) is 0.333. The number of pyridine rings is 1. The number of ether oxygens (including phenoxy) is 2. The Labute approximate surface area is 197 Å². The van der Waals surface area contributed by atoms with E-state index < -0.39 is 6.03 Å². The van der Waals surface area contributed by atoms with Gasteiger partial charge in [-0.15, -0.1) is 0 Å². The van der Waals surface area contributed by atoms with Crippen molar-refractivity contribution in [1.82, 2.24) is 19.9 Å². The van der Waals surface area contributed by atoms with Crippen molar-refractivity contribution in [2.24, 2.45) is 5.73 Å². The predicted molar refractivity (Wildman–Crippen MR) is 129 cm³/mol. The Kier molecular flexibility index (Phi) is 7.60. The van der Waals surface area contributed by atoms with Gasteiger partial charge in [0, 0.05) is 38.6 Å². The number of rotatable bonds is 5. The number of morpholine rings is 1. The zero-order chi connectivity index (χ0) is 22.0. The second kappa shape index (κ2) is 10.2. The number of carbonyl (C=O) groups is 1. The number of carbonyl (C=O) groups excluding carboxylic acids is 1. The molecule has 1 saturated heterocycles. The Bertz CT molecular complexity index is 1120. The molecule has 1 fully saturated rings. The summed E-state index contributed by atoms with van der Waals surface area (Å²) in [5.41, 5.74) is 8.99. The van der Waals surface area contributed by atoms with Crippen molar-refractivity contribution in [3.8, 4) is 17.1 Å². The lowest BCUT2D eigenvalue weighted by molar-refractivity contribution is -0.0346. The summed E-state index contributed by atoms with van der Waals surface area (Å²) in [5, 5.41) is 0.619. The number of fused-ring (bicyclic) bond motifs is 1. The van der Waals surface area contributed by atoms with E-state index in [9.17, 15) is 4.79 Å². The van der Waals surface area contributed by atoms with Gasteiger partial charge in [-0.25, -0.2) is 14.8 Å². The molecule has 0 saturated carbocycles. The summed E-state index contributed by atoms with van der Waals surface area (Å²) in [6.07, 6.45) is 2.89. The van der Waals surface area contributed by atoms with E-state index in [1.807, 2.05) is 43.3 Å². The minimum absolute atomic E-state index is 0. The van der Waals surface area contributed by atoms with E-state index in [4.69, 9.17) is 26.8 Å². The predicted octanol–water partition coefficient (Wildman–Crippen LogP) is 2.68. The van der Waals surface area contributed by atoms with Gasteiger partial charge >= 0.3 is 6.03 Å². The average molecular weight is 477 g/mol. The van der Waals surface area contributed by atoms with Gasteiger partial charge in [0.05, 0.1) is 35.1 Å². The number of halogens is 1. The second-order valence-corrected chi connectivity index (χ2v) is 7.79. The van der Waals surface area contributed by atoms with E-state index in [-0.39, 0.29) is 26.2 Å². The molecule has 0 aliphatic carbocycles. The van der Waals surface area contributed by atoms with Crippen molar-refractivity contribution in [1.29, 1.82) is 0 Å². The van der Waals surface area contributed by atoms with E-state index in [1.54, 1.807) is 12.4 Å². The van der Waals surface area contributed by atoms with Crippen molar-refractivity contribution in [2.75, 3.05) is 45.3 Å². The lowest BCUT2D eigenvalue weighted by atomic mass is 10.1. The largest absolute Gasteiger partial charge is 0.473 e. The van der Waals surface area contributed by atoms with Gasteiger partial charge in [-0.3, -0.25) is 4.98 Å². The molecule has 32 heavy (non-hydrogen) atoms. The smallest absolute Gasteiger partial charge is 0.314 e. The number of nitrogens with zero attached hydrogens (tertiary/aromatic N) is 5. The van der Waals surface area contributed by atoms with Crippen LogP contribution in [-0.4, -0.2) is 72.4 Å². The summed E-state index contributed by atoms with van der Waals surface area (Å²) in [4.78, 5) is 28.4. The number of amides is 2. The van der Waals surface area contributed by atoms with Gasteiger partial charge in [0.1, 0.15) is 12.7 Å². The minimum Gasteiger partial charge on any atom is -0.473 e. The van der Waals surface area contributed by atoms with Crippen molar-refractivity contribution in [3.63, 3.8) is 0 Å². The van der Waals surface area contributed by atoms with Gasteiger partial charge in [0.15, 0.2) is 5.52 Å². The molecule has 3 aromatic rings. The second-order valence-electron chi connectivity index (χ2n) is 7.39. The topological polar surface area (TPSA) is 107 Å². The Balaban J connectivity index is 0.00000289. The first-order valence-corrected chi connectivity index (χ1v) is 10.2. The highest BCUT2D eigenvalue weighted by molar-refractivity contribution is 7.59. The highest BCUT2D eigenvalue weighted by Crippen LogP contribution is 2.32. The Morgan fingerprint density at radius 2 is 2.09 bits per heavy atom. The summed E-state index contributed by atoms with van der Waals surface area (Å²) in [6, 6.07) is 7.13. The van der Waals surface area contributed by atoms with Crippen LogP contribution in [0.3, 0.4) is 0 Å². The third kappa shape index (κ3) is 5.14. The van der Waals surface area contributed by atoms with Gasteiger partial charge in [-0.2, -0.15) is 13.5 Å². The van der Waals surface area contributed by atoms with Crippen LogP contribution in [0.1, 0.15) is 0 Å². The van der Waals surface area contributed by atoms with Crippen LogP contribution in [0.5, 0.6) is 5.88 Å². The minimum atomic E-state index is -0.470. The van der Waals surface area contributed by atoms with Crippen LogP contribution in [0.4, 0.5) is 10.5 Å². The fourth-order valence-electron chi connectivity index (χ4n) is 3.41. The molecular formula is C21H25ClN6O3S. The first-order valence-electron chi connectivity index (χ1n) is 9.80. The number of anilines is 1. The van der Waals surface area contributed by atoms with Crippen LogP contribution in [0, 0.1) is 0 Å². The quantitative estimate of drug-likeness (QED) is 0.603. The molecule has 9 nitrogen and oxygen atoms in total. The molecular weight excluding hydrogens is 452 g/mol. The first kappa shape index (κ1) is 23.8. The highest BCUT2D eigenvalue weighted by atomic mass is 35.5. The molecule has 2 N–H and O–H groups in total. The summed E-state index contributed by atoms with van der Waals surface area (Å²) in [6.45, 7) is 1.44. The van der Waals surface area contributed by atoms with E-state index >= 15 is 0 Å². The number of benzene rings is 1. The molecule has 1 aliphatic heterocycles. The third-order valence-electron chi connectivity index (χ3n) is 5.01. The Hall–Kier alpha value is -2.82. The SMILES string of the molecule is CN(C)c1ccc(-c2cc3nccnc3c(OC[C@@H]3CN(C(N)=O)CCO3)n2)cc1Cl.S. The summed E-state index contributed by atoms with van der Waals surface area (Å²) < 4.78 is 11.7. The lowest BCUT2D eigenvalue weighted by Gasteiger charge is -2.31. The van der Waals surface area contributed by atoms with E-state index in [0.717, 1.165) is 11.3 Å². The molecule has 2 amide bonds. The zero-order valence-electron chi connectivity index (χ0n) is 17.8. The van der Waals surface area contributed by atoms with Gasteiger partial charge < -0.3 is 25.0 Å². The number of hydrogen-bond donors (Lipinski definition) is 1. The Morgan fingerprint density at radius 1 is 1.31 bits per heavy atom. The monoisotopic (exact) mass is 476 g/mol. The zero-order valence-corrected chi connectivity index (χ0v) is 19.5. The molecule has 0 spiro atoms. The first-order chi connectivity index (χ1) is 14.9. The van der Waals surface area contributed by atoms with E-state index in [0.29, 0.717) is 47.3 Å². The number of nitrogens with two attached hydrogens (primary N) is 1. The molecule has 1 aromatic carbocycles. The van der Waals surface area contributed by atoms with Crippen molar-refractivity contribution in [3.05, 3.63) is 41.7 Å². The number of aromatic nitrogens is 3. The molecule has 1 aliphatic rings. The van der Waals surface area contributed by atoms with Gasteiger partial charge in [-0.05, 0) is 18.2 Å². The van der Waals surface area contributed by atoms with Crippen molar-refractivity contribution in [2.45, 2.75) is 6.10 Å². The van der Waals surface area contributed by atoms with Gasteiger partial charge in [0.25, 0.3) is 0 Å². The van der Waals surface area contributed by atoms with Crippen LogP contribution in [0.25, 0.3) is 22.3 Å². The molecule has 4 rings (SSSR count). The fourth-order valence-corrected chi connectivity index (χ4v) is 3.76. The summed E-state index contributed by atoms with van der Waals surface area (Å²) in [7, 11) is 3.87. The molecule has 0 radical (unpaired) electrons. The van der Waals surface area contributed by atoms with Crippen LogP contribution in [0.2, 0.25) is 5.02 Å². The lowest BCUT2D eigenvalue weighted by Crippen LogP contribution is -2.49. The molecule has 1 atom stereocenters. The molecule has 3 heterocycles. The van der Waals surface area contributed by atoms with Crippen molar-refractivity contribution >= 4 is 47.8 Å². The van der Waals surface area contributed by atoms with Crippen LogP contribution < -0.4 is 15.4 Å². The molecule has 0 bridgehead atoms. The van der Waals surface area contributed by atoms with Gasteiger partial charge in [-0.1, -0.05) is 17.7 Å². The third-order valence-corrected chi connectivity index (χ3v) is 5.31. The maximum absolute atomic E-state index is 11.5. The highest BCUT2D eigenvalue weighted by Gasteiger charge is 2.24. The molecule has 2 aromatic heterocycles. The Morgan fingerprint density at radius 3 is 2.81 bits per heavy atom. The number of primary amides is 1. The summed E-state index contributed by atoms with van der Waals surface area (Å²) in [5.74, 6) is 0.341. The van der Waals surface area contributed by atoms with Crippen LogP contribution >= 0.6 is 25.1 Å². The van der Waals surface area contributed by atoms with E-state index in [1.165, 1.54) is 4.90 Å². The van der Waals surface area contributed by atoms with E-state index in [2.05, 4.69) is 15.0 Å². The number of urea groups is 1. The maximum Gasteiger partial charge on any atom is 0.314 e. The number of hydrogen-bond acceptors (Lipinski definition) is 7.